The molecule has 33 heavy (non-hydrogen) atoms. The standard InChI is InChI=1S/C23H17F3N2O4S/c1-11-19-15(12-5-6-16-17(7-12)32-10-31-16)9-18(29)28-22(19)33-20(11)21(30)27-14-4-2-3-13(8-14)23(24,25)26/h2-8,15H,9-10H2,1H3,(H,27,30)(H,28,29)/t15-/m0/s1. The zero-order valence-electron chi connectivity index (χ0n) is 17.2. The molecule has 170 valence electrons. The lowest BCUT2D eigenvalue weighted by Gasteiger charge is -2.24. The molecule has 0 fully saturated rings. The number of rotatable bonds is 3. The number of hydrogen-bond donors (Lipinski definition) is 2. The average molecular weight is 474 g/mol. The first-order valence-electron chi connectivity index (χ1n) is 10.0. The predicted octanol–water partition coefficient (Wildman–Crippen LogP) is 5.53. The molecule has 0 saturated heterocycles. The number of ether oxygens (including phenoxy) is 2. The molecule has 3 heterocycles. The molecule has 1 aromatic heterocycles. The molecule has 1 atom stereocenters. The number of fused-ring (bicyclic) bond motifs is 2. The molecule has 2 aliphatic rings. The predicted molar refractivity (Wildman–Crippen MR) is 116 cm³/mol. The molecule has 10 heteroatoms. The van der Waals surface area contributed by atoms with Crippen LogP contribution in [0.15, 0.2) is 42.5 Å². The highest BCUT2D eigenvalue weighted by molar-refractivity contribution is 7.18. The van der Waals surface area contributed by atoms with Crippen LogP contribution in [0.4, 0.5) is 23.9 Å². The third kappa shape index (κ3) is 3.91. The Balaban J connectivity index is 1.48. The first kappa shape index (κ1) is 21.3. The van der Waals surface area contributed by atoms with Crippen LogP contribution in [0.25, 0.3) is 0 Å². The van der Waals surface area contributed by atoms with Gasteiger partial charge in [-0.2, -0.15) is 13.2 Å². The van der Waals surface area contributed by atoms with Gasteiger partial charge in [0.15, 0.2) is 11.5 Å². The number of carbonyl (C=O) groups is 2. The zero-order chi connectivity index (χ0) is 23.3. The summed E-state index contributed by atoms with van der Waals surface area (Å²) < 4.78 is 49.8. The zero-order valence-corrected chi connectivity index (χ0v) is 18.0. The summed E-state index contributed by atoms with van der Waals surface area (Å²) in [6, 6.07) is 9.93. The molecular weight excluding hydrogens is 457 g/mol. The fraction of sp³-hybridized carbons (Fsp3) is 0.217. The second-order valence-corrected chi connectivity index (χ2v) is 8.77. The van der Waals surface area contributed by atoms with E-state index in [1.807, 2.05) is 12.1 Å². The van der Waals surface area contributed by atoms with E-state index in [0.717, 1.165) is 34.6 Å². The Bertz CT molecular complexity index is 1290. The second-order valence-electron chi connectivity index (χ2n) is 7.75. The van der Waals surface area contributed by atoms with Crippen molar-refractivity contribution in [1.29, 1.82) is 0 Å². The molecule has 0 radical (unpaired) electrons. The molecule has 6 nitrogen and oxygen atoms in total. The minimum Gasteiger partial charge on any atom is -0.454 e. The fourth-order valence-electron chi connectivity index (χ4n) is 4.10. The van der Waals surface area contributed by atoms with Gasteiger partial charge in [-0.25, -0.2) is 0 Å². The van der Waals surface area contributed by atoms with Crippen molar-refractivity contribution in [3.05, 3.63) is 69.6 Å². The van der Waals surface area contributed by atoms with Crippen LogP contribution in [0, 0.1) is 6.92 Å². The molecule has 2 N–H and O–H groups in total. The Hall–Kier alpha value is -3.53. The van der Waals surface area contributed by atoms with Gasteiger partial charge in [0.05, 0.1) is 15.4 Å². The smallest absolute Gasteiger partial charge is 0.416 e. The van der Waals surface area contributed by atoms with Crippen molar-refractivity contribution in [3.8, 4) is 11.5 Å². The number of hydrogen-bond acceptors (Lipinski definition) is 5. The summed E-state index contributed by atoms with van der Waals surface area (Å²) in [5.41, 5.74) is 1.52. The largest absolute Gasteiger partial charge is 0.454 e. The fourth-order valence-corrected chi connectivity index (χ4v) is 5.28. The van der Waals surface area contributed by atoms with Crippen LogP contribution < -0.4 is 20.1 Å². The topological polar surface area (TPSA) is 76.7 Å². The average Bonchev–Trinajstić information content (AvgIpc) is 3.36. The van der Waals surface area contributed by atoms with Gasteiger partial charge in [-0.15, -0.1) is 11.3 Å². The summed E-state index contributed by atoms with van der Waals surface area (Å²) in [6.07, 6.45) is -4.32. The normalized spacial score (nSPS) is 16.8. The maximum absolute atomic E-state index is 13.0. The van der Waals surface area contributed by atoms with Crippen molar-refractivity contribution in [2.24, 2.45) is 0 Å². The van der Waals surface area contributed by atoms with Gasteiger partial charge in [-0.1, -0.05) is 12.1 Å². The van der Waals surface area contributed by atoms with Crippen molar-refractivity contribution < 1.29 is 32.2 Å². The van der Waals surface area contributed by atoms with E-state index in [4.69, 9.17) is 9.47 Å². The summed E-state index contributed by atoms with van der Waals surface area (Å²) in [6.45, 7) is 1.90. The van der Waals surface area contributed by atoms with E-state index >= 15 is 0 Å². The Morgan fingerprint density at radius 3 is 2.73 bits per heavy atom. The first-order valence-corrected chi connectivity index (χ1v) is 10.8. The molecule has 0 aliphatic carbocycles. The van der Waals surface area contributed by atoms with Crippen molar-refractivity contribution in [1.82, 2.24) is 0 Å². The maximum Gasteiger partial charge on any atom is 0.416 e. The van der Waals surface area contributed by atoms with E-state index < -0.39 is 17.6 Å². The molecule has 5 rings (SSSR count). The maximum atomic E-state index is 13.0. The summed E-state index contributed by atoms with van der Waals surface area (Å²) in [4.78, 5) is 25.7. The highest BCUT2D eigenvalue weighted by atomic mass is 32.1. The monoisotopic (exact) mass is 474 g/mol. The molecule has 0 spiro atoms. The quantitative estimate of drug-likeness (QED) is 0.523. The summed E-state index contributed by atoms with van der Waals surface area (Å²) in [7, 11) is 0. The summed E-state index contributed by atoms with van der Waals surface area (Å²) >= 11 is 1.10. The van der Waals surface area contributed by atoms with Crippen molar-refractivity contribution >= 4 is 33.8 Å². The lowest BCUT2D eigenvalue weighted by atomic mass is 9.84. The van der Waals surface area contributed by atoms with Gasteiger partial charge >= 0.3 is 6.18 Å². The molecular formula is C23H17F3N2O4S. The Morgan fingerprint density at radius 1 is 1.15 bits per heavy atom. The number of thiophene rings is 1. The lowest BCUT2D eigenvalue weighted by molar-refractivity contribution is -0.137. The molecule has 3 aromatic rings. The van der Waals surface area contributed by atoms with E-state index in [1.54, 1.807) is 13.0 Å². The molecule has 2 amide bonds. The van der Waals surface area contributed by atoms with Crippen LogP contribution in [-0.2, 0) is 11.0 Å². The molecule has 0 bridgehead atoms. The highest BCUT2D eigenvalue weighted by Gasteiger charge is 2.34. The summed E-state index contributed by atoms with van der Waals surface area (Å²) in [5, 5.41) is 5.91. The highest BCUT2D eigenvalue weighted by Crippen LogP contribution is 2.47. The van der Waals surface area contributed by atoms with E-state index in [1.165, 1.54) is 12.1 Å². The van der Waals surface area contributed by atoms with Crippen molar-refractivity contribution in [3.63, 3.8) is 0 Å². The van der Waals surface area contributed by atoms with Crippen LogP contribution >= 0.6 is 11.3 Å². The van der Waals surface area contributed by atoms with Gasteiger partial charge in [-0.05, 0) is 53.9 Å². The number of alkyl halides is 3. The van der Waals surface area contributed by atoms with Crippen LogP contribution in [0.1, 0.15) is 44.3 Å². The van der Waals surface area contributed by atoms with Crippen molar-refractivity contribution in [2.45, 2.75) is 25.4 Å². The Labute approximate surface area is 190 Å². The van der Waals surface area contributed by atoms with Gasteiger partial charge < -0.3 is 20.1 Å². The lowest BCUT2D eigenvalue weighted by Crippen LogP contribution is -2.22. The van der Waals surface area contributed by atoms with Crippen LogP contribution in [0.5, 0.6) is 11.5 Å². The SMILES string of the molecule is Cc1c(C(=O)Nc2cccc(C(F)(F)F)c2)sc2c1[C@H](c1ccc3c(c1)OCO3)CC(=O)N2. The number of anilines is 2. The third-order valence-corrected chi connectivity index (χ3v) is 6.86. The van der Waals surface area contributed by atoms with Gasteiger partial charge in [0.1, 0.15) is 0 Å². The second kappa shape index (κ2) is 7.80. The Kier molecular flexibility index (Phi) is 5.04. The van der Waals surface area contributed by atoms with E-state index in [9.17, 15) is 22.8 Å². The van der Waals surface area contributed by atoms with E-state index in [2.05, 4.69) is 10.6 Å². The van der Waals surface area contributed by atoms with E-state index in [-0.39, 0.29) is 30.7 Å². The third-order valence-electron chi connectivity index (χ3n) is 5.64. The van der Waals surface area contributed by atoms with Gasteiger partial charge in [0.25, 0.3) is 5.91 Å². The number of amides is 2. The number of nitrogens with one attached hydrogen (secondary N) is 2. The molecule has 0 saturated carbocycles. The van der Waals surface area contributed by atoms with Crippen LogP contribution in [0.3, 0.4) is 0 Å². The minimum atomic E-state index is -4.51. The van der Waals surface area contributed by atoms with Crippen LogP contribution in [0.2, 0.25) is 0 Å². The molecule has 2 aromatic carbocycles. The first-order chi connectivity index (χ1) is 15.7. The van der Waals surface area contributed by atoms with Gasteiger partial charge in [0.2, 0.25) is 12.7 Å². The minimum absolute atomic E-state index is 0.0388. The van der Waals surface area contributed by atoms with Gasteiger partial charge in [0, 0.05) is 18.0 Å². The number of carbonyl (C=O) groups excluding carboxylic acids is 2. The number of halogens is 3. The number of benzene rings is 2. The molecule has 0 unspecified atom stereocenters. The van der Waals surface area contributed by atoms with Crippen molar-refractivity contribution in [2.75, 3.05) is 17.4 Å². The van der Waals surface area contributed by atoms with Gasteiger partial charge in [-0.3, -0.25) is 9.59 Å². The summed E-state index contributed by atoms with van der Waals surface area (Å²) in [5.74, 6) is 0.202. The molecule has 2 aliphatic heterocycles. The Morgan fingerprint density at radius 2 is 1.94 bits per heavy atom. The van der Waals surface area contributed by atoms with E-state index in [0.29, 0.717) is 26.9 Å². The van der Waals surface area contributed by atoms with Crippen LogP contribution in [-0.4, -0.2) is 18.6 Å².